The van der Waals surface area contributed by atoms with Crippen LogP contribution in [0.3, 0.4) is 0 Å². The van der Waals surface area contributed by atoms with Gasteiger partial charge in [-0.1, -0.05) is 18.7 Å². The van der Waals surface area contributed by atoms with Crippen LogP contribution >= 0.6 is 0 Å². The van der Waals surface area contributed by atoms with Crippen molar-refractivity contribution in [1.82, 2.24) is 0 Å². The normalized spacial score (nSPS) is 9.60. The molecule has 0 fully saturated rings. The van der Waals surface area contributed by atoms with E-state index in [1.807, 2.05) is 18.2 Å². The maximum absolute atomic E-state index is 8.75. The summed E-state index contributed by atoms with van der Waals surface area (Å²) in [5.41, 5.74) is 2.59. The summed E-state index contributed by atoms with van der Waals surface area (Å²) in [4.78, 5) is 0. The van der Waals surface area contributed by atoms with E-state index in [0.717, 1.165) is 22.6 Å². The monoisotopic (exact) mass is 265 g/mol. The number of nitrogens with zero attached hydrogens (tertiary/aromatic N) is 1. The second kappa shape index (κ2) is 6.44. The molecule has 3 nitrogen and oxygen atoms in total. The molecule has 0 aromatic heterocycles. The lowest BCUT2D eigenvalue weighted by atomic mass is 10.1. The highest BCUT2D eigenvalue weighted by Crippen LogP contribution is 2.22. The highest BCUT2D eigenvalue weighted by atomic mass is 16.5. The molecule has 0 N–H and O–H groups in total. The molecule has 2 aromatic rings. The van der Waals surface area contributed by atoms with Gasteiger partial charge in [-0.15, -0.1) is 0 Å². The predicted octanol–water partition coefficient (Wildman–Crippen LogP) is 3.79. The Morgan fingerprint density at radius 1 is 1.20 bits per heavy atom. The second-order valence-corrected chi connectivity index (χ2v) is 4.20. The van der Waals surface area contributed by atoms with Gasteiger partial charge in [0.15, 0.2) is 0 Å². The molecule has 0 aliphatic heterocycles. The van der Waals surface area contributed by atoms with Gasteiger partial charge in [0.1, 0.15) is 18.1 Å². The summed E-state index contributed by atoms with van der Waals surface area (Å²) in [7, 11) is 1.63. The molecule has 3 heteroatoms. The van der Waals surface area contributed by atoms with E-state index in [4.69, 9.17) is 14.7 Å². The van der Waals surface area contributed by atoms with E-state index in [1.165, 1.54) is 0 Å². The Labute approximate surface area is 118 Å². The summed E-state index contributed by atoms with van der Waals surface area (Å²) in [5, 5.41) is 8.75. The van der Waals surface area contributed by atoms with Gasteiger partial charge in [0, 0.05) is 5.56 Å². The molecule has 0 amide bonds. The molecule has 0 atom stereocenters. The van der Waals surface area contributed by atoms with Crippen LogP contribution < -0.4 is 9.47 Å². The molecule has 0 saturated heterocycles. The Bertz CT molecular complexity index is 639. The van der Waals surface area contributed by atoms with Crippen LogP contribution in [-0.4, -0.2) is 7.11 Å². The summed E-state index contributed by atoms with van der Waals surface area (Å²) in [6, 6.07) is 14.9. The number of methoxy groups -OCH3 is 1. The molecule has 0 saturated carbocycles. The average Bonchev–Trinajstić information content (AvgIpc) is 2.53. The van der Waals surface area contributed by atoms with Gasteiger partial charge in [0.2, 0.25) is 0 Å². The van der Waals surface area contributed by atoms with Crippen molar-refractivity contribution < 1.29 is 9.47 Å². The Morgan fingerprint density at radius 2 is 1.95 bits per heavy atom. The predicted molar refractivity (Wildman–Crippen MR) is 78.6 cm³/mol. The van der Waals surface area contributed by atoms with Crippen molar-refractivity contribution in [2.45, 2.75) is 6.61 Å². The van der Waals surface area contributed by atoms with Crippen LogP contribution in [0.2, 0.25) is 0 Å². The first-order valence-corrected chi connectivity index (χ1v) is 6.19. The molecule has 20 heavy (non-hydrogen) atoms. The Balaban J connectivity index is 2.13. The van der Waals surface area contributed by atoms with Gasteiger partial charge in [-0.05, 0) is 42.0 Å². The summed E-state index contributed by atoms with van der Waals surface area (Å²) >= 11 is 0. The topological polar surface area (TPSA) is 42.2 Å². The summed E-state index contributed by atoms with van der Waals surface area (Å²) < 4.78 is 11.0. The molecule has 2 rings (SSSR count). The zero-order valence-corrected chi connectivity index (χ0v) is 11.3. The smallest absolute Gasteiger partial charge is 0.125 e. The fourth-order valence-electron chi connectivity index (χ4n) is 1.83. The number of benzene rings is 2. The van der Waals surface area contributed by atoms with Crippen molar-refractivity contribution in [3.05, 3.63) is 65.7 Å². The quantitative estimate of drug-likeness (QED) is 0.826. The van der Waals surface area contributed by atoms with Crippen LogP contribution in [0, 0.1) is 11.3 Å². The zero-order valence-electron chi connectivity index (χ0n) is 11.3. The Morgan fingerprint density at radius 3 is 2.55 bits per heavy atom. The van der Waals surface area contributed by atoms with Crippen LogP contribution in [0.25, 0.3) is 6.08 Å². The summed E-state index contributed by atoms with van der Waals surface area (Å²) in [5.74, 6) is 1.50. The van der Waals surface area contributed by atoms with Gasteiger partial charge in [-0.2, -0.15) is 5.26 Å². The van der Waals surface area contributed by atoms with Crippen LogP contribution in [0.5, 0.6) is 11.5 Å². The second-order valence-electron chi connectivity index (χ2n) is 4.20. The molecular weight excluding hydrogens is 250 g/mol. The first kappa shape index (κ1) is 13.7. The minimum Gasteiger partial charge on any atom is -0.496 e. The van der Waals surface area contributed by atoms with Crippen LogP contribution in [-0.2, 0) is 6.61 Å². The third kappa shape index (κ3) is 3.18. The lowest BCUT2D eigenvalue weighted by molar-refractivity contribution is 0.296. The molecule has 0 bridgehead atoms. The van der Waals surface area contributed by atoms with E-state index in [1.54, 1.807) is 37.5 Å². The first-order chi connectivity index (χ1) is 9.76. The van der Waals surface area contributed by atoms with Crippen molar-refractivity contribution >= 4 is 6.08 Å². The highest BCUT2D eigenvalue weighted by Gasteiger charge is 2.05. The number of hydrogen-bond acceptors (Lipinski definition) is 3. The van der Waals surface area contributed by atoms with Crippen molar-refractivity contribution in [2.24, 2.45) is 0 Å². The molecule has 0 aliphatic rings. The zero-order chi connectivity index (χ0) is 14.4. The molecule has 0 heterocycles. The summed E-state index contributed by atoms with van der Waals surface area (Å²) in [6.45, 7) is 4.15. The van der Waals surface area contributed by atoms with E-state index in [-0.39, 0.29) is 0 Å². The van der Waals surface area contributed by atoms with E-state index < -0.39 is 0 Å². The van der Waals surface area contributed by atoms with E-state index in [2.05, 4.69) is 12.6 Å². The van der Waals surface area contributed by atoms with E-state index in [0.29, 0.717) is 12.2 Å². The lowest BCUT2D eigenvalue weighted by Crippen LogP contribution is -1.99. The van der Waals surface area contributed by atoms with E-state index >= 15 is 0 Å². The maximum atomic E-state index is 8.75. The van der Waals surface area contributed by atoms with Crippen LogP contribution in [0.15, 0.2) is 49.0 Å². The van der Waals surface area contributed by atoms with Crippen LogP contribution in [0.4, 0.5) is 0 Å². The van der Waals surface area contributed by atoms with Crippen molar-refractivity contribution in [2.75, 3.05) is 7.11 Å². The number of rotatable bonds is 5. The van der Waals surface area contributed by atoms with Gasteiger partial charge >= 0.3 is 0 Å². The van der Waals surface area contributed by atoms with Gasteiger partial charge in [-0.3, -0.25) is 0 Å². The third-order valence-electron chi connectivity index (χ3n) is 2.92. The fraction of sp³-hybridized carbons (Fsp3) is 0.118. The van der Waals surface area contributed by atoms with Crippen LogP contribution in [0.1, 0.15) is 16.7 Å². The Kier molecular flexibility index (Phi) is 4.41. The number of hydrogen-bond donors (Lipinski definition) is 0. The van der Waals surface area contributed by atoms with Gasteiger partial charge < -0.3 is 9.47 Å². The SMILES string of the molecule is C=Cc1ccc(OC)c(COc2ccc(C#N)cc2)c1. The molecular formula is C17H15NO2. The molecule has 100 valence electrons. The molecule has 0 spiro atoms. The molecule has 0 radical (unpaired) electrons. The average molecular weight is 265 g/mol. The summed E-state index contributed by atoms with van der Waals surface area (Å²) in [6.07, 6.45) is 1.78. The fourth-order valence-corrected chi connectivity index (χ4v) is 1.83. The minimum atomic E-state index is 0.400. The first-order valence-electron chi connectivity index (χ1n) is 6.19. The van der Waals surface area contributed by atoms with E-state index in [9.17, 15) is 0 Å². The molecule has 0 aliphatic carbocycles. The van der Waals surface area contributed by atoms with Gasteiger partial charge in [0.05, 0.1) is 18.7 Å². The maximum Gasteiger partial charge on any atom is 0.125 e. The van der Waals surface area contributed by atoms with Gasteiger partial charge in [0.25, 0.3) is 0 Å². The van der Waals surface area contributed by atoms with Gasteiger partial charge in [-0.25, -0.2) is 0 Å². The van der Waals surface area contributed by atoms with Crippen molar-refractivity contribution in [1.29, 1.82) is 5.26 Å². The minimum absolute atomic E-state index is 0.400. The largest absolute Gasteiger partial charge is 0.496 e. The molecule has 2 aromatic carbocycles. The Hall–Kier alpha value is -2.73. The third-order valence-corrected chi connectivity index (χ3v) is 2.92. The number of nitriles is 1. The standard InChI is InChI=1S/C17H15NO2/c1-3-13-6-9-17(19-2)15(10-13)12-20-16-7-4-14(11-18)5-8-16/h3-10H,1,12H2,2H3. The molecule has 0 unspecified atom stereocenters. The van der Waals surface area contributed by atoms with Crippen molar-refractivity contribution in [3.63, 3.8) is 0 Å². The number of ether oxygens (including phenoxy) is 2. The van der Waals surface area contributed by atoms with Crippen molar-refractivity contribution in [3.8, 4) is 17.6 Å². The lowest BCUT2D eigenvalue weighted by Gasteiger charge is -2.11. The highest BCUT2D eigenvalue weighted by molar-refractivity contribution is 5.51.